The Bertz CT molecular complexity index is 835. The summed E-state index contributed by atoms with van der Waals surface area (Å²) in [5, 5.41) is 2.64. The predicted octanol–water partition coefficient (Wildman–Crippen LogP) is 3.40. The van der Waals surface area contributed by atoms with Gasteiger partial charge in [-0.2, -0.15) is 0 Å². The molecule has 2 aromatic rings. The van der Waals surface area contributed by atoms with Crippen LogP contribution >= 0.6 is 0 Å². The molecule has 0 aliphatic carbocycles. The van der Waals surface area contributed by atoms with E-state index < -0.39 is 18.3 Å². The van der Waals surface area contributed by atoms with Crippen molar-refractivity contribution in [2.24, 2.45) is 0 Å². The summed E-state index contributed by atoms with van der Waals surface area (Å²) in [5.41, 5.74) is 0.332. The smallest absolute Gasteiger partial charge is 0.315 e. The van der Waals surface area contributed by atoms with Crippen LogP contribution in [0.2, 0.25) is 0 Å². The second kappa shape index (κ2) is 10.1. The molecule has 0 atom stereocenters. The SMILES string of the molecule is CCOC(=O)CC(=O)Nc1cc(OC)ccc1Oc1cc(OC)ccc1OC. The van der Waals surface area contributed by atoms with Crippen molar-refractivity contribution in [2.75, 3.05) is 33.3 Å². The van der Waals surface area contributed by atoms with Crippen LogP contribution in [0.1, 0.15) is 13.3 Å². The van der Waals surface area contributed by atoms with Crippen LogP contribution in [-0.4, -0.2) is 39.8 Å². The number of ether oxygens (including phenoxy) is 5. The lowest BCUT2D eigenvalue weighted by Crippen LogP contribution is -2.18. The van der Waals surface area contributed by atoms with Gasteiger partial charge in [0.25, 0.3) is 0 Å². The molecule has 0 heterocycles. The van der Waals surface area contributed by atoms with Crippen LogP contribution in [0, 0.1) is 0 Å². The molecule has 28 heavy (non-hydrogen) atoms. The Hall–Kier alpha value is -3.42. The minimum Gasteiger partial charge on any atom is -0.497 e. The molecule has 8 nitrogen and oxygen atoms in total. The first kappa shape index (κ1) is 20.9. The highest BCUT2D eigenvalue weighted by Crippen LogP contribution is 2.38. The summed E-state index contributed by atoms with van der Waals surface area (Å²) in [6.45, 7) is 1.88. The van der Waals surface area contributed by atoms with Gasteiger partial charge in [0.15, 0.2) is 17.2 Å². The van der Waals surface area contributed by atoms with Gasteiger partial charge in [-0.25, -0.2) is 0 Å². The minimum absolute atomic E-state index is 0.204. The number of rotatable bonds is 9. The molecule has 0 radical (unpaired) electrons. The molecule has 0 unspecified atom stereocenters. The van der Waals surface area contributed by atoms with Gasteiger partial charge in [-0.1, -0.05) is 0 Å². The van der Waals surface area contributed by atoms with E-state index in [9.17, 15) is 9.59 Å². The van der Waals surface area contributed by atoms with Crippen LogP contribution in [-0.2, 0) is 14.3 Å². The Morgan fingerprint density at radius 3 is 2.11 bits per heavy atom. The first-order valence-electron chi connectivity index (χ1n) is 8.54. The maximum atomic E-state index is 12.2. The summed E-state index contributed by atoms with van der Waals surface area (Å²) >= 11 is 0. The topological polar surface area (TPSA) is 92.3 Å². The molecule has 0 saturated carbocycles. The van der Waals surface area contributed by atoms with Crippen LogP contribution in [0.3, 0.4) is 0 Å². The molecular formula is C20H23NO7. The molecule has 1 N–H and O–H groups in total. The second-order valence-corrected chi connectivity index (χ2v) is 5.51. The number of hydrogen-bond acceptors (Lipinski definition) is 7. The molecule has 0 aliphatic rings. The molecule has 2 aromatic carbocycles. The fraction of sp³-hybridized carbons (Fsp3) is 0.300. The van der Waals surface area contributed by atoms with Gasteiger partial charge in [0.2, 0.25) is 5.91 Å². The fourth-order valence-electron chi connectivity index (χ4n) is 2.34. The van der Waals surface area contributed by atoms with Crippen molar-refractivity contribution >= 4 is 17.6 Å². The van der Waals surface area contributed by atoms with E-state index in [4.69, 9.17) is 23.7 Å². The van der Waals surface area contributed by atoms with Crippen molar-refractivity contribution in [1.29, 1.82) is 0 Å². The standard InChI is InChI=1S/C20H23NO7/c1-5-27-20(23)12-19(22)21-15-10-13(24-2)6-8-16(15)28-18-11-14(25-3)7-9-17(18)26-4/h6-11H,5,12H2,1-4H3,(H,21,22). The van der Waals surface area contributed by atoms with Gasteiger partial charge in [0, 0.05) is 12.1 Å². The zero-order valence-corrected chi connectivity index (χ0v) is 16.2. The lowest BCUT2D eigenvalue weighted by molar-refractivity contribution is -0.145. The number of nitrogens with one attached hydrogen (secondary N) is 1. The normalized spacial score (nSPS) is 10.0. The molecule has 0 spiro atoms. The van der Waals surface area contributed by atoms with E-state index in [1.54, 1.807) is 50.4 Å². The number of hydrogen-bond donors (Lipinski definition) is 1. The van der Waals surface area contributed by atoms with Crippen molar-refractivity contribution in [1.82, 2.24) is 0 Å². The lowest BCUT2D eigenvalue weighted by Gasteiger charge is -2.16. The van der Waals surface area contributed by atoms with Crippen molar-refractivity contribution in [3.8, 4) is 28.7 Å². The zero-order valence-electron chi connectivity index (χ0n) is 16.2. The Labute approximate surface area is 163 Å². The Balaban J connectivity index is 2.29. The summed E-state index contributed by atoms with van der Waals surface area (Å²) in [4.78, 5) is 23.7. The van der Waals surface area contributed by atoms with Crippen LogP contribution in [0.15, 0.2) is 36.4 Å². The number of carbonyl (C=O) groups excluding carboxylic acids is 2. The monoisotopic (exact) mass is 389 g/mol. The average molecular weight is 389 g/mol. The van der Waals surface area contributed by atoms with Gasteiger partial charge < -0.3 is 29.0 Å². The van der Waals surface area contributed by atoms with Gasteiger partial charge in [-0.05, 0) is 31.2 Å². The molecule has 2 rings (SSSR count). The van der Waals surface area contributed by atoms with Gasteiger partial charge >= 0.3 is 5.97 Å². The third-order valence-electron chi connectivity index (χ3n) is 3.66. The van der Waals surface area contributed by atoms with Crippen molar-refractivity contribution < 1.29 is 33.3 Å². The van der Waals surface area contributed by atoms with Crippen LogP contribution in [0.4, 0.5) is 5.69 Å². The second-order valence-electron chi connectivity index (χ2n) is 5.51. The molecular weight excluding hydrogens is 366 g/mol. The van der Waals surface area contributed by atoms with E-state index in [1.807, 2.05) is 0 Å². The number of carbonyl (C=O) groups is 2. The first-order valence-corrected chi connectivity index (χ1v) is 8.54. The van der Waals surface area contributed by atoms with E-state index in [0.29, 0.717) is 34.4 Å². The molecule has 0 fully saturated rings. The Morgan fingerprint density at radius 1 is 0.857 bits per heavy atom. The Kier molecular flexibility index (Phi) is 7.50. The van der Waals surface area contributed by atoms with Crippen LogP contribution < -0.4 is 24.3 Å². The first-order chi connectivity index (χ1) is 13.5. The highest BCUT2D eigenvalue weighted by Gasteiger charge is 2.16. The molecule has 0 aliphatic heterocycles. The van der Waals surface area contributed by atoms with Gasteiger partial charge in [-0.3, -0.25) is 9.59 Å². The van der Waals surface area contributed by atoms with Crippen LogP contribution in [0.5, 0.6) is 28.7 Å². The third-order valence-corrected chi connectivity index (χ3v) is 3.66. The summed E-state index contributed by atoms with van der Waals surface area (Å²) in [6, 6.07) is 10.0. The number of anilines is 1. The summed E-state index contributed by atoms with van der Waals surface area (Å²) in [5.74, 6) is 1.17. The number of methoxy groups -OCH3 is 3. The number of benzene rings is 2. The molecule has 8 heteroatoms. The van der Waals surface area contributed by atoms with Gasteiger partial charge in [0.05, 0.1) is 33.6 Å². The maximum absolute atomic E-state index is 12.2. The largest absolute Gasteiger partial charge is 0.497 e. The molecule has 0 saturated heterocycles. The van der Waals surface area contributed by atoms with E-state index >= 15 is 0 Å². The van der Waals surface area contributed by atoms with Crippen LogP contribution in [0.25, 0.3) is 0 Å². The predicted molar refractivity (Wildman–Crippen MR) is 102 cm³/mol. The Morgan fingerprint density at radius 2 is 1.50 bits per heavy atom. The van der Waals surface area contributed by atoms with Crippen molar-refractivity contribution in [2.45, 2.75) is 13.3 Å². The highest BCUT2D eigenvalue weighted by atomic mass is 16.5. The number of esters is 1. The fourth-order valence-corrected chi connectivity index (χ4v) is 2.34. The third kappa shape index (κ3) is 5.54. The van der Waals surface area contributed by atoms with Gasteiger partial charge in [-0.15, -0.1) is 0 Å². The zero-order chi connectivity index (χ0) is 20.5. The van der Waals surface area contributed by atoms with E-state index in [0.717, 1.165) is 0 Å². The summed E-state index contributed by atoms with van der Waals surface area (Å²) in [6.07, 6.45) is -0.410. The molecule has 150 valence electrons. The molecule has 0 aromatic heterocycles. The maximum Gasteiger partial charge on any atom is 0.315 e. The lowest BCUT2D eigenvalue weighted by atomic mass is 10.2. The van der Waals surface area contributed by atoms with E-state index in [2.05, 4.69) is 5.32 Å². The minimum atomic E-state index is -0.611. The van der Waals surface area contributed by atoms with E-state index in [-0.39, 0.29) is 6.61 Å². The number of amides is 1. The average Bonchev–Trinajstić information content (AvgIpc) is 2.69. The molecule has 1 amide bonds. The molecule has 0 bridgehead atoms. The van der Waals surface area contributed by atoms with Gasteiger partial charge in [0.1, 0.15) is 17.9 Å². The quantitative estimate of drug-likeness (QED) is 0.519. The van der Waals surface area contributed by atoms with Crippen molar-refractivity contribution in [3.63, 3.8) is 0 Å². The van der Waals surface area contributed by atoms with E-state index in [1.165, 1.54) is 14.2 Å². The summed E-state index contributed by atoms with van der Waals surface area (Å²) < 4.78 is 26.4. The summed E-state index contributed by atoms with van der Waals surface area (Å²) in [7, 11) is 4.57. The van der Waals surface area contributed by atoms with Crippen molar-refractivity contribution in [3.05, 3.63) is 36.4 Å². The highest BCUT2D eigenvalue weighted by molar-refractivity contribution is 6.02.